The summed E-state index contributed by atoms with van der Waals surface area (Å²) < 4.78 is 23.7. The molecule has 0 amide bonds. The average molecular weight is 294 g/mol. The predicted molar refractivity (Wildman–Crippen MR) is 80.5 cm³/mol. The third-order valence-electron chi connectivity index (χ3n) is 2.35. The Morgan fingerprint density at radius 2 is 1.26 bits per heavy atom. The van der Waals surface area contributed by atoms with Gasteiger partial charge in [0, 0.05) is 5.75 Å². The number of para-hydroxylation sites is 2. The Hall–Kier alpha value is -1.38. The molecule has 0 aliphatic carbocycles. The first-order valence-electron chi connectivity index (χ1n) is 5.91. The van der Waals surface area contributed by atoms with Crippen molar-refractivity contribution in [2.24, 2.45) is 0 Å². The molecule has 0 heterocycles. The van der Waals surface area contributed by atoms with Gasteiger partial charge in [0.05, 0.1) is 6.16 Å². The molecule has 0 aliphatic heterocycles. The minimum Gasteiger partial charge on any atom is -0.416 e. The zero-order valence-corrected chi connectivity index (χ0v) is 12.1. The quantitative estimate of drug-likeness (QED) is 0.638. The van der Waals surface area contributed by atoms with Crippen LogP contribution in [0.25, 0.3) is 0 Å². The second-order valence-electron chi connectivity index (χ2n) is 3.87. The summed E-state index contributed by atoms with van der Waals surface area (Å²) in [5, 5.41) is 0. The van der Waals surface area contributed by atoms with E-state index in [0.29, 0.717) is 17.3 Å². The molecule has 2 rings (SSSR count). The molecule has 0 aliphatic rings. The van der Waals surface area contributed by atoms with Crippen LogP contribution in [0.5, 0.6) is 11.5 Å². The maximum Gasteiger partial charge on any atom is 0.431 e. The van der Waals surface area contributed by atoms with E-state index >= 15 is 0 Å². The molecule has 0 saturated heterocycles. The fourth-order valence-electron chi connectivity index (χ4n) is 1.52. The molecule has 19 heavy (non-hydrogen) atoms. The van der Waals surface area contributed by atoms with Crippen LogP contribution in [-0.4, -0.2) is 11.9 Å². The van der Waals surface area contributed by atoms with E-state index in [-0.39, 0.29) is 6.16 Å². The molecule has 0 atom stereocenters. The van der Waals surface area contributed by atoms with Crippen LogP contribution in [0.2, 0.25) is 0 Å². The van der Waals surface area contributed by atoms with Crippen molar-refractivity contribution in [2.45, 2.75) is 0 Å². The molecular formula is C14H15O3PS. The summed E-state index contributed by atoms with van der Waals surface area (Å²) in [7, 11) is -3.24. The standard InChI is InChI=1S/C14H15O3PS/c15-18(11-12-19,16-13-7-3-1-4-8-13)17-14-9-5-2-6-10-14/h1-10,19H,11-12H2. The normalized spacial score (nSPS) is 11.0. The number of rotatable bonds is 6. The first-order chi connectivity index (χ1) is 9.22. The van der Waals surface area contributed by atoms with Crippen LogP contribution in [0.3, 0.4) is 0 Å². The smallest absolute Gasteiger partial charge is 0.416 e. The Kier molecular flexibility index (Phi) is 4.94. The summed E-state index contributed by atoms with van der Waals surface area (Å²) in [5.74, 6) is 1.49. The van der Waals surface area contributed by atoms with Gasteiger partial charge in [0.2, 0.25) is 0 Å². The highest BCUT2D eigenvalue weighted by Gasteiger charge is 2.27. The lowest BCUT2D eigenvalue weighted by Crippen LogP contribution is -2.06. The Morgan fingerprint density at radius 1 is 0.842 bits per heavy atom. The summed E-state index contributed by atoms with van der Waals surface area (Å²) in [6.45, 7) is 0. The van der Waals surface area contributed by atoms with Crippen LogP contribution in [0.4, 0.5) is 0 Å². The van der Waals surface area contributed by atoms with Gasteiger partial charge in [-0.15, -0.1) is 0 Å². The van der Waals surface area contributed by atoms with Gasteiger partial charge in [-0.2, -0.15) is 12.6 Å². The van der Waals surface area contributed by atoms with Crippen molar-refractivity contribution in [3.63, 3.8) is 0 Å². The molecule has 0 radical (unpaired) electrons. The second-order valence-corrected chi connectivity index (χ2v) is 6.35. The second kappa shape index (κ2) is 6.69. The van der Waals surface area contributed by atoms with Crippen LogP contribution in [0.15, 0.2) is 60.7 Å². The van der Waals surface area contributed by atoms with Gasteiger partial charge in [0.1, 0.15) is 11.5 Å². The highest BCUT2D eigenvalue weighted by Crippen LogP contribution is 2.48. The summed E-state index contributed by atoms with van der Waals surface area (Å²) in [5.41, 5.74) is 0. The number of thiol groups is 1. The Morgan fingerprint density at radius 3 is 1.63 bits per heavy atom. The Labute approximate surface area is 118 Å². The highest BCUT2D eigenvalue weighted by atomic mass is 32.1. The van der Waals surface area contributed by atoms with Gasteiger partial charge in [0.15, 0.2) is 0 Å². The molecule has 100 valence electrons. The summed E-state index contributed by atoms with van der Waals surface area (Å²) >= 11 is 4.11. The summed E-state index contributed by atoms with van der Waals surface area (Å²) in [6.07, 6.45) is 0.250. The van der Waals surface area contributed by atoms with E-state index in [1.54, 1.807) is 24.3 Å². The molecule has 5 heteroatoms. The molecule has 0 saturated carbocycles. The van der Waals surface area contributed by atoms with E-state index in [2.05, 4.69) is 12.6 Å². The van der Waals surface area contributed by atoms with E-state index in [1.165, 1.54) is 0 Å². The fourth-order valence-corrected chi connectivity index (χ4v) is 3.60. The molecule has 0 fully saturated rings. The Balaban J connectivity index is 2.16. The van der Waals surface area contributed by atoms with Crippen molar-refractivity contribution in [1.82, 2.24) is 0 Å². The minimum atomic E-state index is -3.24. The lowest BCUT2D eigenvalue weighted by Gasteiger charge is -2.19. The van der Waals surface area contributed by atoms with E-state index in [0.717, 1.165) is 0 Å². The first kappa shape index (κ1) is 14.0. The minimum absolute atomic E-state index is 0.250. The SMILES string of the molecule is O=P(CCS)(Oc1ccccc1)Oc1ccccc1. The van der Waals surface area contributed by atoms with Gasteiger partial charge in [0.25, 0.3) is 0 Å². The van der Waals surface area contributed by atoms with Crippen molar-refractivity contribution >= 4 is 20.2 Å². The molecule has 0 aromatic heterocycles. The maximum atomic E-state index is 12.7. The van der Waals surface area contributed by atoms with Crippen molar-refractivity contribution in [3.8, 4) is 11.5 Å². The van der Waals surface area contributed by atoms with Crippen LogP contribution in [0.1, 0.15) is 0 Å². The van der Waals surface area contributed by atoms with Gasteiger partial charge in [-0.25, -0.2) is 4.57 Å². The molecular weight excluding hydrogens is 279 g/mol. The van der Waals surface area contributed by atoms with E-state index < -0.39 is 7.60 Å². The lowest BCUT2D eigenvalue weighted by atomic mass is 10.3. The predicted octanol–water partition coefficient (Wildman–Crippen LogP) is 4.27. The molecule has 3 nitrogen and oxygen atoms in total. The summed E-state index contributed by atoms with van der Waals surface area (Å²) in [4.78, 5) is 0. The van der Waals surface area contributed by atoms with Gasteiger partial charge in [-0.1, -0.05) is 36.4 Å². The molecule has 0 bridgehead atoms. The van der Waals surface area contributed by atoms with Crippen molar-refractivity contribution in [1.29, 1.82) is 0 Å². The first-order valence-corrected chi connectivity index (χ1v) is 8.27. The Bertz CT molecular complexity index is 500. The number of benzene rings is 2. The van der Waals surface area contributed by atoms with Crippen molar-refractivity contribution in [2.75, 3.05) is 11.9 Å². The number of hydrogen-bond acceptors (Lipinski definition) is 4. The highest BCUT2D eigenvalue weighted by molar-refractivity contribution is 7.80. The maximum absolute atomic E-state index is 12.7. The van der Waals surface area contributed by atoms with Crippen molar-refractivity contribution < 1.29 is 13.6 Å². The molecule has 0 unspecified atom stereocenters. The molecule has 2 aromatic rings. The van der Waals surface area contributed by atoms with Crippen molar-refractivity contribution in [3.05, 3.63) is 60.7 Å². The van der Waals surface area contributed by atoms with Crippen LogP contribution in [-0.2, 0) is 4.57 Å². The van der Waals surface area contributed by atoms with Gasteiger partial charge in [-0.3, -0.25) is 0 Å². The average Bonchev–Trinajstić information content (AvgIpc) is 2.41. The molecule has 0 N–H and O–H groups in total. The lowest BCUT2D eigenvalue weighted by molar-refractivity contribution is 0.388. The van der Waals surface area contributed by atoms with E-state index in [4.69, 9.17) is 9.05 Å². The topological polar surface area (TPSA) is 35.5 Å². The monoisotopic (exact) mass is 294 g/mol. The number of hydrogen-bond donors (Lipinski definition) is 1. The summed E-state index contributed by atoms with van der Waals surface area (Å²) in [6, 6.07) is 18.0. The third kappa shape index (κ3) is 4.34. The van der Waals surface area contributed by atoms with Crippen LogP contribution in [0, 0.1) is 0 Å². The molecule has 2 aromatic carbocycles. The van der Waals surface area contributed by atoms with Gasteiger partial charge >= 0.3 is 7.60 Å². The zero-order valence-electron chi connectivity index (χ0n) is 10.3. The molecule has 0 spiro atoms. The van der Waals surface area contributed by atoms with Gasteiger partial charge in [-0.05, 0) is 24.3 Å². The van der Waals surface area contributed by atoms with E-state index in [1.807, 2.05) is 36.4 Å². The largest absolute Gasteiger partial charge is 0.431 e. The zero-order chi connectivity index (χ0) is 13.6. The van der Waals surface area contributed by atoms with E-state index in [9.17, 15) is 4.57 Å². The van der Waals surface area contributed by atoms with Crippen LogP contribution < -0.4 is 9.05 Å². The fraction of sp³-hybridized carbons (Fsp3) is 0.143. The van der Waals surface area contributed by atoms with Crippen LogP contribution >= 0.6 is 20.2 Å². The van der Waals surface area contributed by atoms with Gasteiger partial charge < -0.3 is 9.05 Å². The third-order valence-corrected chi connectivity index (χ3v) is 4.67.